The quantitative estimate of drug-likeness (QED) is 0.435. The number of halogens is 3. The molecule has 0 fully saturated rings. The standard InChI is InChI=1S/C20H15F3N8O/c21-20(22,23)9-13(28-17-15-16(25-10-24-15)26-11-27-17)18-29-14-7-4-8-30(14)19(32)31(18)12-5-2-1-3-6-12/h1-8,10-11,13H,9H2,(H2,24,25,26,27,28). The van der Waals surface area contributed by atoms with E-state index in [0.717, 1.165) is 0 Å². The number of fused-ring (bicyclic) bond motifs is 2. The third-order valence-electron chi connectivity index (χ3n) is 4.87. The zero-order valence-corrected chi connectivity index (χ0v) is 16.3. The van der Waals surface area contributed by atoms with Gasteiger partial charge in [0.2, 0.25) is 0 Å². The molecule has 9 nitrogen and oxygen atoms in total. The first-order valence-electron chi connectivity index (χ1n) is 9.53. The number of para-hydroxylation sites is 1. The van der Waals surface area contributed by atoms with Gasteiger partial charge >= 0.3 is 11.9 Å². The van der Waals surface area contributed by atoms with Crippen molar-refractivity contribution < 1.29 is 13.2 Å². The molecule has 1 atom stereocenters. The van der Waals surface area contributed by atoms with Gasteiger partial charge in [0.25, 0.3) is 0 Å². The van der Waals surface area contributed by atoms with Crippen LogP contribution in [0.4, 0.5) is 19.0 Å². The van der Waals surface area contributed by atoms with Crippen LogP contribution in [-0.2, 0) is 0 Å². The summed E-state index contributed by atoms with van der Waals surface area (Å²) < 4.78 is 43.3. The number of nitrogens with zero attached hydrogens (tertiary/aromatic N) is 6. The lowest BCUT2D eigenvalue weighted by Crippen LogP contribution is -2.33. The lowest BCUT2D eigenvalue weighted by molar-refractivity contribution is -0.137. The van der Waals surface area contributed by atoms with Crippen LogP contribution in [0.1, 0.15) is 18.3 Å². The summed E-state index contributed by atoms with van der Waals surface area (Å²) in [5, 5.41) is 2.79. The van der Waals surface area contributed by atoms with Crippen molar-refractivity contribution in [2.45, 2.75) is 18.6 Å². The molecule has 1 aromatic carbocycles. The van der Waals surface area contributed by atoms with Crippen molar-refractivity contribution in [1.82, 2.24) is 33.9 Å². The lowest BCUT2D eigenvalue weighted by atomic mass is 10.1. The number of hydrogen-bond donors (Lipinski definition) is 2. The molecular weight excluding hydrogens is 425 g/mol. The highest BCUT2D eigenvalue weighted by molar-refractivity contribution is 5.82. The van der Waals surface area contributed by atoms with Crippen LogP contribution >= 0.6 is 0 Å². The van der Waals surface area contributed by atoms with Crippen LogP contribution in [-0.4, -0.2) is 40.1 Å². The fourth-order valence-electron chi connectivity index (χ4n) is 3.52. The number of rotatable bonds is 5. The molecule has 5 rings (SSSR count). The maximum atomic E-state index is 13.6. The summed E-state index contributed by atoms with van der Waals surface area (Å²) in [6.45, 7) is 0. The second-order valence-corrected chi connectivity index (χ2v) is 7.00. The van der Waals surface area contributed by atoms with E-state index in [1.165, 1.54) is 27.8 Å². The van der Waals surface area contributed by atoms with Crippen LogP contribution in [0.5, 0.6) is 0 Å². The fourth-order valence-corrected chi connectivity index (χ4v) is 3.52. The highest BCUT2D eigenvalue weighted by Gasteiger charge is 2.36. The number of imidazole rings is 1. The average molecular weight is 440 g/mol. The van der Waals surface area contributed by atoms with Gasteiger partial charge in [0, 0.05) is 6.20 Å². The van der Waals surface area contributed by atoms with Crippen LogP contribution in [0.2, 0.25) is 0 Å². The van der Waals surface area contributed by atoms with E-state index in [9.17, 15) is 18.0 Å². The number of hydrogen-bond acceptors (Lipinski definition) is 6. The van der Waals surface area contributed by atoms with Crippen molar-refractivity contribution in [2.75, 3.05) is 5.32 Å². The Kier molecular flexibility index (Phi) is 4.61. The summed E-state index contributed by atoms with van der Waals surface area (Å²) >= 11 is 0. The summed E-state index contributed by atoms with van der Waals surface area (Å²) in [7, 11) is 0. The minimum Gasteiger partial charge on any atom is -0.358 e. The molecule has 0 amide bonds. The Hall–Kier alpha value is -4.22. The van der Waals surface area contributed by atoms with Gasteiger partial charge in [0.05, 0.1) is 24.5 Å². The molecule has 0 radical (unpaired) electrons. The molecule has 5 aromatic rings. The van der Waals surface area contributed by atoms with E-state index in [2.05, 4.69) is 30.2 Å². The van der Waals surface area contributed by atoms with Gasteiger partial charge < -0.3 is 10.3 Å². The summed E-state index contributed by atoms with van der Waals surface area (Å²) in [6.07, 6.45) is -1.75. The van der Waals surface area contributed by atoms with Gasteiger partial charge in [0.1, 0.15) is 23.3 Å². The molecule has 0 spiro atoms. The van der Waals surface area contributed by atoms with E-state index in [0.29, 0.717) is 11.3 Å². The largest absolute Gasteiger partial charge is 0.391 e. The van der Waals surface area contributed by atoms with Crippen molar-refractivity contribution in [2.24, 2.45) is 0 Å². The highest BCUT2D eigenvalue weighted by Crippen LogP contribution is 2.32. The molecular formula is C20H15F3N8O. The van der Waals surface area contributed by atoms with E-state index in [1.54, 1.807) is 42.5 Å². The molecule has 4 aromatic heterocycles. The average Bonchev–Trinajstić information content (AvgIpc) is 3.43. The van der Waals surface area contributed by atoms with Crippen molar-refractivity contribution in [3.8, 4) is 5.69 Å². The first-order valence-corrected chi connectivity index (χ1v) is 9.53. The minimum absolute atomic E-state index is 0.0922. The Morgan fingerprint density at radius 1 is 1.06 bits per heavy atom. The molecule has 0 aliphatic heterocycles. The maximum absolute atomic E-state index is 13.6. The third kappa shape index (κ3) is 3.55. The number of aromatic amines is 1. The molecule has 2 N–H and O–H groups in total. The van der Waals surface area contributed by atoms with Crippen LogP contribution in [0.15, 0.2) is 66.1 Å². The van der Waals surface area contributed by atoms with Gasteiger partial charge in [0.15, 0.2) is 11.5 Å². The van der Waals surface area contributed by atoms with E-state index in [1.807, 2.05) is 0 Å². The van der Waals surface area contributed by atoms with Crippen molar-refractivity contribution >= 4 is 22.6 Å². The molecule has 0 aliphatic rings. The number of anilines is 1. The van der Waals surface area contributed by atoms with E-state index in [4.69, 9.17) is 0 Å². The SMILES string of the molecule is O=c1n(-c2ccccc2)c(C(CC(F)(F)F)Nc2ncnc3[nH]cnc23)nc2cccn12. The van der Waals surface area contributed by atoms with Gasteiger partial charge in [-0.1, -0.05) is 18.2 Å². The smallest absolute Gasteiger partial charge is 0.358 e. The molecule has 0 aliphatic carbocycles. The number of alkyl halides is 3. The topological polar surface area (TPSA) is 106 Å². The Labute approximate surface area is 177 Å². The zero-order valence-electron chi connectivity index (χ0n) is 16.3. The summed E-state index contributed by atoms with van der Waals surface area (Å²) in [4.78, 5) is 32.6. The Morgan fingerprint density at radius 3 is 2.66 bits per heavy atom. The Morgan fingerprint density at radius 2 is 1.88 bits per heavy atom. The lowest BCUT2D eigenvalue weighted by Gasteiger charge is -2.23. The predicted molar refractivity (Wildman–Crippen MR) is 110 cm³/mol. The number of nitrogens with one attached hydrogen (secondary N) is 2. The monoisotopic (exact) mass is 440 g/mol. The van der Waals surface area contributed by atoms with Gasteiger partial charge in [-0.2, -0.15) is 13.2 Å². The van der Waals surface area contributed by atoms with E-state index in [-0.39, 0.29) is 22.8 Å². The number of benzene rings is 1. The van der Waals surface area contributed by atoms with Gasteiger partial charge in [-0.05, 0) is 24.3 Å². The zero-order chi connectivity index (χ0) is 22.3. The van der Waals surface area contributed by atoms with Crippen LogP contribution in [0.3, 0.4) is 0 Å². The van der Waals surface area contributed by atoms with Gasteiger partial charge in [-0.25, -0.2) is 29.3 Å². The molecule has 0 saturated carbocycles. The number of H-pyrrole nitrogens is 1. The van der Waals surface area contributed by atoms with Crippen LogP contribution < -0.4 is 11.0 Å². The summed E-state index contributed by atoms with van der Waals surface area (Å²) in [5.74, 6) is -0.0124. The van der Waals surface area contributed by atoms with Crippen molar-refractivity contribution in [3.63, 3.8) is 0 Å². The maximum Gasteiger partial charge on any atom is 0.391 e. The molecule has 0 bridgehead atoms. The molecule has 162 valence electrons. The number of aromatic nitrogens is 7. The predicted octanol–water partition coefficient (Wildman–Crippen LogP) is 3.26. The van der Waals surface area contributed by atoms with E-state index >= 15 is 0 Å². The molecule has 1 unspecified atom stereocenters. The highest BCUT2D eigenvalue weighted by atomic mass is 19.4. The van der Waals surface area contributed by atoms with Crippen LogP contribution in [0, 0.1) is 0 Å². The van der Waals surface area contributed by atoms with Crippen LogP contribution in [0.25, 0.3) is 22.5 Å². The first-order chi connectivity index (χ1) is 15.4. The fraction of sp³-hybridized carbons (Fsp3) is 0.150. The second-order valence-electron chi connectivity index (χ2n) is 7.00. The normalized spacial score (nSPS) is 13.0. The first kappa shape index (κ1) is 19.7. The third-order valence-corrected chi connectivity index (χ3v) is 4.87. The van der Waals surface area contributed by atoms with Gasteiger partial charge in [-0.15, -0.1) is 0 Å². The summed E-state index contributed by atoms with van der Waals surface area (Å²) in [6, 6.07) is 10.1. The molecule has 32 heavy (non-hydrogen) atoms. The summed E-state index contributed by atoms with van der Waals surface area (Å²) in [5.41, 5.74) is 0.722. The molecule has 12 heteroatoms. The van der Waals surface area contributed by atoms with Crippen molar-refractivity contribution in [1.29, 1.82) is 0 Å². The molecule has 0 saturated heterocycles. The van der Waals surface area contributed by atoms with Crippen molar-refractivity contribution in [3.05, 3.63) is 77.6 Å². The minimum atomic E-state index is -4.55. The van der Waals surface area contributed by atoms with E-state index < -0.39 is 24.3 Å². The molecule has 4 heterocycles. The Balaban J connectivity index is 1.73. The van der Waals surface area contributed by atoms with Gasteiger partial charge in [-0.3, -0.25) is 4.40 Å². The second kappa shape index (κ2) is 7.48. The Bertz CT molecular complexity index is 1450.